The summed E-state index contributed by atoms with van der Waals surface area (Å²) < 4.78 is 14.1. The van der Waals surface area contributed by atoms with E-state index in [-0.39, 0.29) is 35.5 Å². The zero-order chi connectivity index (χ0) is 23.4. The highest BCUT2D eigenvalue weighted by Crippen LogP contribution is 2.27. The predicted octanol–water partition coefficient (Wildman–Crippen LogP) is 4.07. The molecule has 1 atom stereocenters. The Morgan fingerprint density at radius 2 is 1.76 bits per heavy atom. The molecular formula is C26H30FN3O3. The van der Waals surface area contributed by atoms with E-state index in [2.05, 4.69) is 5.32 Å². The molecule has 0 bridgehead atoms. The van der Waals surface area contributed by atoms with Crippen LogP contribution < -0.4 is 5.32 Å². The number of amides is 3. The van der Waals surface area contributed by atoms with Gasteiger partial charge in [-0.05, 0) is 49.4 Å². The Morgan fingerprint density at radius 3 is 2.48 bits per heavy atom. The number of halogens is 1. The molecule has 2 aliphatic heterocycles. The third-order valence-electron chi connectivity index (χ3n) is 6.65. The Morgan fingerprint density at radius 1 is 1.00 bits per heavy atom. The Hall–Kier alpha value is -3.22. The van der Waals surface area contributed by atoms with Gasteiger partial charge in [-0.15, -0.1) is 0 Å². The van der Waals surface area contributed by atoms with Crippen molar-refractivity contribution in [2.75, 3.05) is 25.0 Å². The Kier molecular flexibility index (Phi) is 7.06. The second-order valence-electron chi connectivity index (χ2n) is 8.75. The minimum Gasteiger partial charge on any atom is -0.341 e. The number of nitrogens with zero attached hydrogens (tertiary/aromatic N) is 2. The third kappa shape index (κ3) is 5.07. The number of piperidine rings is 1. The van der Waals surface area contributed by atoms with Crippen molar-refractivity contribution in [1.29, 1.82) is 0 Å². The van der Waals surface area contributed by atoms with Crippen LogP contribution >= 0.6 is 0 Å². The van der Waals surface area contributed by atoms with Gasteiger partial charge in [-0.2, -0.15) is 0 Å². The summed E-state index contributed by atoms with van der Waals surface area (Å²) in [6, 6.07) is 13.4. The van der Waals surface area contributed by atoms with Crippen LogP contribution in [-0.4, -0.2) is 53.2 Å². The molecule has 0 saturated carbocycles. The van der Waals surface area contributed by atoms with Gasteiger partial charge >= 0.3 is 0 Å². The van der Waals surface area contributed by atoms with Crippen molar-refractivity contribution in [3.05, 3.63) is 54.3 Å². The molecule has 174 valence electrons. The van der Waals surface area contributed by atoms with Crippen LogP contribution in [0.4, 0.5) is 10.1 Å². The molecule has 0 aliphatic carbocycles. The molecule has 0 aromatic heterocycles. The van der Waals surface area contributed by atoms with Gasteiger partial charge in [-0.3, -0.25) is 14.4 Å². The molecule has 1 N–H and O–H groups in total. The molecule has 2 fully saturated rings. The molecule has 2 aromatic rings. The lowest BCUT2D eigenvalue weighted by molar-refractivity contribution is -0.145. The Bertz CT molecular complexity index is 1030. The minimum absolute atomic E-state index is 0.00532. The molecule has 2 aromatic carbocycles. The molecule has 6 nitrogen and oxygen atoms in total. The lowest BCUT2D eigenvalue weighted by atomic mass is 9.95. The van der Waals surface area contributed by atoms with Crippen LogP contribution in [0.3, 0.4) is 0 Å². The van der Waals surface area contributed by atoms with Crippen LogP contribution in [-0.2, 0) is 14.4 Å². The number of carbonyl (C=O) groups excluding carboxylic acids is 3. The summed E-state index contributed by atoms with van der Waals surface area (Å²) in [5.41, 5.74) is 1.82. The summed E-state index contributed by atoms with van der Waals surface area (Å²) in [7, 11) is 0. The number of nitrogens with one attached hydrogen (secondary N) is 1. The average molecular weight is 452 g/mol. The average Bonchev–Trinajstić information content (AvgIpc) is 3.33. The molecule has 0 spiro atoms. The van der Waals surface area contributed by atoms with E-state index in [4.69, 9.17) is 0 Å². The van der Waals surface area contributed by atoms with Gasteiger partial charge in [0.1, 0.15) is 11.9 Å². The molecule has 2 aliphatic rings. The first-order chi connectivity index (χ1) is 16.0. The molecule has 3 amide bonds. The Labute approximate surface area is 193 Å². The van der Waals surface area contributed by atoms with Crippen molar-refractivity contribution in [1.82, 2.24) is 9.80 Å². The van der Waals surface area contributed by atoms with E-state index in [0.717, 1.165) is 6.42 Å². The number of anilines is 1. The van der Waals surface area contributed by atoms with Gasteiger partial charge in [-0.1, -0.05) is 37.3 Å². The molecule has 33 heavy (non-hydrogen) atoms. The number of carbonyl (C=O) groups is 3. The van der Waals surface area contributed by atoms with Gasteiger partial charge < -0.3 is 15.1 Å². The first kappa shape index (κ1) is 23.0. The van der Waals surface area contributed by atoms with Gasteiger partial charge in [0.25, 0.3) is 0 Å². The minimum atomic E-state index is -0.357. The highest BCUT2D eigenvalue weighted by atomic mass is 19.1. The van der Waals surface area contributed by atoms with E-state index in [1.807, 2.05) is 13.0 Å². The SMILES string of the molecule is CCC(=O)N1CCC[C@@H]1C(=O)N1CCC(C(=O)Nc2cccc(-c3ccccc3F)c2)CC1. The smallest absolute Gasteiger partial charge is 0.245 e. The van der Waals surface area contributed by atoms with Crippen LogP contribution in [0, 0.1) is 11.7 Å². The first-order valence-corrected chi connectivity index (χ1v) is 11.7. The summed E-state index contributed by atoms with van der Waals surface area (Å²) >= 11 is 0. The molecule has 4 rings (SSSR count). The van der Waals surface area contributed by atoms with Crippen LogP contribution in [0.15, 0.2) is 48.5 Å². The quantitative estimate of drug-likeness (QED) is 0.745. The molecule has 2 saturated heterocycles. The fraction of sp³-hybridized carbons (Fsp3) is 0.423. The van der Waals surface area contributed by atoms with E-state index >= 15 is 0 Å². The number of rotatable bonds is 5. The maximum atomic E-state index is 14.1. The van der Waals surface area contributed by atoms with Gasteiger partial charge in [0.15, 0.2) is 0 Å². The number of hydrogen-bond donors (Lipinski definition) is 1. The second-order valence-corrected chi connectivity index (χ2v) is 8.75. The summed E-state index contributed by atoms with van der Waals surface area (Å²) in [5.74, 6) is -0.553. The summed E-state index contributed by atoms with van der Waals surface area (Å²) in [6.45, 7) is 3.49. The van der Waals surface area contributed by atoms with Crippen molar-refractivity contribution in [3.63, 3.8) is 0 Å². The van der Waals surface area contributed by atoms with Gasteiger partial charge in [0.2, 0.25) is 17.7 Å². The monoisotopic (exact) mass is 451 g/mol. The molecule has 7 heteroatoms. The normalized spacial score (nSPS) is 18.9. The second kappa shape index (κ2) is 10.1. The van der Waals surface area contributed by atoms with E-state index < -0.39 is 0 Å². The third-order valence-corrected chi connectivity index (χ3v) is 6.65. The predicted molar refractivity (Wildman–Crippen MR) is 125 cm³/mol. The standard InChI is InChI=1S/C26H30FN3O3/c1-2-24(31)30-14-6-11-23(30)26(33)29-15-12-18(13-16-29)25(32)28-20-8-5-7-19(17-20)21-9-3-4-10-22(21)27/h3-5,7-10,17-18,23H,2,6,11-16H2,1H3,(H,28,32)/t23-/m1/s1. The zero-order valence-corrected chi connectivity index (χ0v) is 18.9. The molecule has 0 unspecified atom stereocenters. The first-order valence-electron chi connectivity index (χ1n) is 11.7. The molecular weight excluding hydrogens is 421 g/mol. The van der Waals surface area contributed by atoms with Crippen molar-refractivity contribution >= 4 is 23.4 Å². The van der Waals surface area contributed by atoms with Gasteiger partial charge in [0, 0.05) is 43.2 Å². The van der Waals surface area contributed by atoms with Crippen molar-refractivity contribution < 1.29 is 18.8 Å². The zero-order valence-electron chi connectivity index (χ0n) is 18.9. The van der Waals surface area contributed by atoms with Gasteiger partial charge in [-0.25, -0.2) is 4.39 Å². The number of hydrogen-bond acceptors (Lipinski definition) is 3. The van der Waals surface area contributed by atoms with E-state index in [0.29, 0.717) is 62.1 Å². The Balaban J connectivity index is 1.34. The number of benzene rings is 2. The van der Waals surface area contributed by atoms with E-state index in [1.54, 1.807) is 46.2 Å². The van der Waals surface area contributed by atoms with Crippen LogP contribution in [0.1, 0.15) is 39.0 Å². The summed E-state index contributed by atoms with van der Waals surface area (Å²) in [6.07, 6.45) is 3.14. The lowest BCUT2D eigenvalue weighted by Gasteiger charge is -2.35. The highest BCUT2D eigenvalue weighted by molar-refractivity contribution is 5.93. The van der Waals surface area contributed by atoms with E-state index in [9.17, 15) is 18.8 Å². The summed E-state index contributed by atoms with van der Waals surface area (Å²) in [4.78, 5) is 41.5. The van der Waals surface area contributed by atoms with Crippen LogP contribution in [0.2, 0.25) is 0 Å². The lowest BCUT2D eigenvalue weighted by Crippen LogP contribution is -2.50. The van der Waals surface area contributed by atoms with Gasteiger partial charge in [0.05, 0.1) is 0 Å². The molecule has 0 radical (unpaired) electrons. The van der Waals surface area contributed by atoms with Crippen molar-refractivity contribution in [2.45, 2.75) is 45.1 Å². The maximum Gasteiger partial charge on any atom is 0.245 e. The maximum absolute atomic E-state index is 14.1. The van der Waals surface area contributed by atoms with Crippen molar-refractivity contribution in [3.8, 4) is 11.1 Å². The number of likely N-dealkylation sites (tertiary alicyclic amines) is 2. The van der Waals surface area contributed by atoms with E-state index in [1.165, 1.54) is 6.07 Å². The highest BCUT2D eigenvalue weighted by Gasteiger charge is 2.37. The fourth-order valence-electron chi connectivity index (χ4n) is 4.80. The topological polar surface area (TPSA) is 69.7 Å². The fourth-order valence-corrected chi connectivity index (χ4v) is 4.80. The van der Waals surface area contributed by atoms with Crippen LogP contribution in [0.25, 0.3) is 11.1 Å². The van der Waals surface area contributed by atoms with Crippen molar-refractivity contribution in [2.24, 2.45) is 5.92 Å². The molecule has 2 heterocycles. The largest absolute Gasteiger partial charge is 0.341 e. The summed E-state index contributed by atoms with van der Waals surface area (Å²) in [5, 5.41) is 2.95. The van der Waals surface area contributed by atoms with Crippen LogP contribution in [0.5, 0.6) is 0 Å².